The number of pyridine rings is 1. The molecule has 5 rings (SSSR count). The number of piperidine rings is 1. The number of likely N-dealkylation sites (tertiary alicyclic amines) is 1. The minimum Gasteiger partial charge on any atom is -0.496 e. The molecular formula is C29H29FN6O4. The first-order chi connectivity index (χ1) is 19.3. The maximum Gasteiger partial charge on any atom is 0.334 e. The molecule has 2 aromatic heterocycles. The SMILES string of the molecule is C=CC(=O)N1CCC[C@@H](n2c(=O)n(-c3ccc(CNC(=O)c4ccc(F)cc4OC)cc3)c3c(N)nccc32)C1. The highest BCUT2D eigenvalue weighted by Crippen LogP contribution is 2.28. The van der Waals surface area contributed by atoms with Gasteiger partial charge in [0.25, 0.3) is 5.91 Å². The van der Waals surface area contributed by atoms with Crippen LogP contribution in [0, 0.1) is 5.82 Å². The van der Waals surface area contributed by atoms with Gasteiger partial charge in [-0.3, -0.25) is 18.7 Å². The number of nitrogens with zero attached hydrogens (tertiary/aromatic N) is 4. The van der Waals surface area contributed by atoms with Gasteiger partial charge in [-0.05, 0) is 54.8 Å². The fraction of sp³-hybridized carbons (Fsp3) is 0.241. The number of fused-ring (bicyclic) bond motifs is 1. The van der Waals surface area contributed by atoms with Gasteiger partial charge < -0.3 is 20.7 Å². The van der Waals surface area contributed by atoms with Crippen LogP contribution in [0.15, 0.2) is 72.2 Å². The van der Waals surface area contributed by atoms with Crippen molar-refractivity contribution in [1.29, 1.82) is 0 Å². The molecule has 0 bridgehead atoms. The quantitative estimate of drug-likeness (QED) is 0.345. The first-order valence-electron chi connectivity index (χ1n) is 12.8. The Morgan fingerprint density at radius 2 is 2.00 bits per heavy atom. The van der Waals surface area contributed by atoms with Gasteiger partial charge >= 0.3 is 5.69 Å². The predicted molar refractivity (Wildman–Crippen MR) is 149 cm³/mol. The van der Waals surface area contributed by atoms with E-state index in [0.29, 0.717) is 29.8 Å². The third-order valence-corrected chi connectivity index (χ3v) is 7.12. The van der Waals surface area contributed by atoms with Crippen molar-refractivity contribution in [1.82, 2.24) is 24.3 Å². The van der Waals surface area contributed by atoms with Crippen LogP contribution in [0.2, 0.25) is 0 Å². The van der Waals surface area contributed by atoms with Gasteiger partial charge in [0.2, 0.25) is 5.91 Å². The monoisotopic (exact) mass is 544 g/mol. The molecular weight excluding hydrogens is 515 g/mol. The molecule has 3 heterocycles. The topological polar surface area (TPSA) is 124 Å². The zero-order valence-electron chi connectivity index (χ0n) is 22.0. The molecule has 1 fully saturated rings. The molecule has 1 aliphatic heterocycles. The molecule has 3 N–H and O–H groups in total. The van der Waals surface area contributed by atoms with Crippen molar-refractivity contribution in [3.05, 3.63) is 94.8 Å². The Kier molecular flexibility index (Phi) is 7.37. The highest BCUT2D eigenvalue weighted by atomic mass is 19.1. The number of halogens is 1. The molecule has 11 heteroatoms. The van der Waals surface area contributed by atoms with Gasteiger partial charge in [0, 0.05) is 31.9 Å². The summed E-state index contributed by atoms with van der Waals surface area (Å²) in [6, 6.07) is 12.4. The molecule has 2 amide bonds. The van der Waals surface area contributed by atoms with Gasteiger partial charge in [-0.2, -0.15) is 0 Å². The maximum atomic E-state index is 13.9. The van der Waals surface area contributed by atoms with E-state index in [9.17, 15) is 18.8 Å². The van der Waals surface area contributed by atoms with E-state index in [-0.39, 0.29) is 41.3 Å². The number of methoxy groups -OCH3 is 1. The Bertz CT molecular complexity index is 1660. The first-order valence-corrected chi connectivity index (χ1v) is 12.8. The van der Waals surface area contributed by atoms with E-state index in [1.54, 1.807) is 46.0 Å². The molecule has 40 heavy (non-hydrogen) atoms. The number of carbonyl (C=O) groups excluding carboxylic acids is 2. The van der Waals surface area contributed by atoms with E-state index in [2.05, 4.69) is 16.9 Å². The molecule has 0 unspecified atom stereocenters. The van der Waals surface area contributed by atoms with Crippen molar-refractivity contribution < 1.29 is 18.7 Å². The number of ether oxygens (including phenoxy) is 1. The van der Waals surface area contributed by atoms with E-state index in [1.165, 1.54) is 29.9 Å². The van der Waals surface area contributed by atoms with Crippen LogP contribution in [-0.2, 0) is 11.3 Å². The Morgan fingerprint density at radius 3 is 2.73 bits per heavy atom. The smallest absolute Gasteiger partial charge is 0.334 e. The molecule has 1 atom stereocenters. The van der Waals surface area contributed by atoms with Gasteiger partial charge in [0.1, 0.15) is 22.9 Å². The van der Waals surface area contributed by atoms with Crippen molar-refractivity contribution >= 4 is 28.7 Å². The molecule has 0 spiro atoms. The van der Waals surface area contributed by atoms with Gasteiger partial charge in [0.05, 0.1) is 29.9 Å². The maximum absolute atomic E-state index is 13.9. The standard InChI is InChI=1S/C29H29FN6O4/c1-3-25(37)34-14-4-5-21(17-34)35-23-12-13-32-27(31)26(23)36(29(35)39)20-9-6-18(7-10-20)16-33-28(38)22-11-8-19(30)15-24(22)40-2/h3,6-13,15,21H,1,4-5,14,16-17H2,2H3,(H2,31,32)(H,33,38)/t21-/m1/s1. The van der Waals surface area contributed by atoms with E-state index in [4.69, 9.17) is 10.5 Å². The highest BCUT2D eigenvalue weighted by molar-refractivity contribution is 5.96. The lowest BCUT2D eigenvalue weighted by Gasteiger charge is -2.32. The van der Waals surface area contributed by atoms with Crippen molar-refractivity contribution in [3.8, 4) is 11.4 Å². The molecule has 0 aliphatic carbocycles. The van der Waals surface area contributed by atoms with Crippen LogP contribution in [0.25, 0.3) is 16.7 Å². The molecule has 0 radical (unpaired) electrons. The largest absolute Gasteiger partial charge is 0.496 e. The third-order valence-electron chi connectivity index (χ3n) is 7.12. The van der Waals surface area contributed by atoms with Gasteiger partial charge in [-0.1, -0.05) is 18.7 Å². The summed E-state index contributed by atoms with van der Waals surface area (Å²) < 4.78 is 21.8. The summed E-state index contributed by atoms with van der Waals surface area (Å²) in [6.45, 7) is 4.79. The lowest BCUT2D eigenvalue weighted by atomic mass is 10.1. The summed E-state index contributed by atoms with van der Waals surface area (Å²) in [5, 5.41) is 2.80. The van der Waals surface area contributed by atoms with E-state index in [1.807, 2.05) is 0 Å². The molecule has 10 nitrogen and oxygen atoms in total. The number of benzene rings is 2. The molecule has 1 saturated heterocycles. The number of nitrogens with two attached hydrogens (primary N) is 1. The predicted octanol–water partition coefficient (Wildman–Crippen LogP) is 3.20. The second kappa shape index (κ2) is 11.0. The molecule has 4 aromatic rings. The lowest BCUT2D eigenvalue weighted by molar-refractivity contribution is -0.127. The number of imidazole rings is 1. The molecule has 0 saturated carbocycles. The van der Waals surface area contributed by atoms with Gasteiger partial charge in [0.15, 0.2) is 0 Å². The third kappa shape index (κ3) is 4.93. The van der Waals surface area contributed by atoms with Crippen LogP contribution in [-0.4, -0.2) is 51.0 Å². The van der Waals surface area contributed by atoms with Gasteiger partial charge in [-0.25, -0.2) is 14.2 Å². The summed E-state index contributed by atoms with van der Waals surface area (Å²) in [5.41, 5.74) is 8.69. The number of amides is 2. The van der Waals surface area contributed by atoms with Crippen LogP contribution < -0.4 is 21.5 Å². The molecule has 206 valence electrons. The van der Waals surface area contributed by atoms with Crippen LogP contribution in [0.3, 0.4) is 0 Å². The fourth-order valence-corrected chi connectivity index (χ4v) is 5.17. The molecule has 1 aliphatic rings. The second-order valence-electron chi connectivity index (χ2n) is 9.53. The zero-order valence-corrected chi connectivity index (χ0v) is 22.0. The average Bonchev–Trinajstić information content (AvgIpc) is 3.28. The summed E-state index contributed by atoms with van der Waals surface area (Å²) in [6.07, 6.45) is 4.35. The summed E-state index contributed by atoms with van der Waals surface area (Å²) >= 11 is 0. The summed E-state index contributed by atoms with van der Waals surface area (Å²) in [4.78, 5) is 44.7. The Labute approximate surface area is 229 Å². The highest BCUT2D eigenvalue weighted by Gasteiger charge is 2.28. The van der Waals surface area contributed by atoms with Crippen molar-refractivity contribution in [2.45, 2.75) is 25.4 Å². The van der Waals surface area contributed by atoms with E-state index >= 15 is 0 Å². The van der Waals surface area contributed by atoms with Crippen LogP contribution in [0.4, 0.5) is 10.2 Å². The van der Waals surface area contributed by atoms with Gasteiger partial charge in [-0.15, -0.1) is 0 Å². The Morgan fingerprint density at radius 1 is 1.23 bits per heavy atom. The van der Waals surface area contributed by atoms with Crippen LogP contribution >= 0.6 is 0 Å². The number of aromatic nitrogens is 3. The number of hydrogen-bond acceptors (Lipinski definition) is 6. The van der Waals surface area contributed by atoms with Crippen molar-refractivity contribution in [2.75, 3.05) is 25.9 Å². The Hall–Kier alpha value is -4.93. The van der Waals surface area contributed by atoms with Crippen LogP contribution in [0.1, 0.15) is 34.8 Å². The lowest BCUT2D eigenvalue weighted by Crippen LogP contribution is -2.42. The van der Waals surface area contributed by atoms with Crippen molar-refractivity contribution in [2.24, 2.45) is 0 Å². The van der Waals surface area contributed by atoms with Crippen molar-refractivity contribution in [3.63, 3.8) is 0 Å². The number of nitrogen functional groups attached to an aromatic ring is 1. The number of hydrogen-bond donors (Lipinski definition) is 2. The average molecular weight is 545 g/mol. The summed E-state index contributed by atoms with van der Waals surface area (Å²) in [7, 11) is 1.37. The first kappa shape index (κ1) is 26.7. The minimum atomic E-state index is -0.498. The Balaban J connectivity index is 1.43. The molecule has 2 aromatic carbocycles. The number of rotatable bonds is 7. The fourth-order valence-electron chi connectivity index (χ4n) is 5.17. The minimum absolute atomic E-state index is 0.143. The zero-order chi connectivity index (χ0) is 28.4. The number of carbonyl (C=O) groups is 2. The summed E-state index contributed by atoms with van der Waals surface area (Å²) in [5.74, 6) is -0.709. The van der Waals surface area contributed by atoms with E-state index in [0.717, 1.165) is 24.5 Å². The normalized spacial score (nSPS) is 15.2. The van der Waals surface area contributed by atoms with E-state index < -0.39 is 11.7 Å². The second-order valence-corrected chi connectivity index (χ2v) is 9.53. The number of nitrogens with one attached hydrogen (secondary N) is 1. The number of anilines is 1. The van der Waals surface area contributed by atoms with Crippen LogP contribution in [0.5, 0.6) is 5.75 Å².